The van der Waals surface area contributed by atoms with E-state index in [2.05, 4.69) is 34.6 Å². The minimum atomic E-state index is 0.0793. The Kier molecular flexibility index (Phi) is 4.40. The highest BCUT2D eigenvalue weighted by molar-refractivity contribution is 5.93. The van der Waals surface area contributed by atoms with Gasteiger partial charge in [0.15, 0.2) is 5.96 Å². The molecule has 5 rings (SSSR count). The van der Waals surface area contributed by atoms with Crippen LogP contribution >= 0.6 is 0 Å². The van der Waals surface area contributed by atoms with Gasteiger partial charge in [-0.3, -0.25) is 4.99 Å². The zero-order valence-corrected chi connectivity index (χ0v) is 14.8. The molecular weight excluding hydrogens is 310 g/mol. The van der Waals surface area contributed by atoms with Crippen LogP contribution in [0.3, 0.4) is 0 Å². The van der Waals surface area contributed by atoms with E-state index in [-0.39, 0.29) is 11.5 Å². The first-order valence-electron chi connectivity index (χ1n) is 9.56. The summed E-state index contributed by atoms with van der Waals surface area (Å²) in [6.45, 7) is 0.690. The van der Waals surface area contributed by atoms with E-state index in [0.717, 1.165) is 24.2 Å². The Labute approximate surface area is 150 Å². The maximum atomic E-state index is 5.65. The molecule has 4 aliphatic rings. The highest BCUT2D eigenvalue weighted by Gasteiger charge is 2.51. The predicted molar refractivity (Wildman–Crippen MR) is 102 cm³/mol. The topological polar surface area (TPSA) is 88.8 Å². The van der Waals surface area contributed by atoms with Gasteiger partial charge in [-0.2, -0.15) is 4.99 Å². The average molecular weight is 339 g/mol. The molecule has 4 fully saturated rings. The first-order valence-corrected chi connectivity index (χ1v) is 9.56. The molecule has 0 saturated heterocycles. The van der Waals surface area contributed by atoms with E-state index in [4.69, 9.17) is 16.5 Å². The Balaban J connectivity index is 1.46. The quantitative estimate of drug-likeness (QED) is 0.581. The van der Waals surface area contributed by atoms with Crippen molar-refractivity contribution in [3.05, 3.63) is 35.9 Å². The maximum absolute atomic E-state index is 5.65. The number of benzene rings is 1. The van der Waals surface area contributed by atoms with Crippen LogP contribution in [0.1, 0.15) is 44.1 Å². The molecule has 5 nitrogen and oxygen atoms in total. The van der Waals surface area contributed by atoms with Crippen molar-refractivity contribution in [1.29, 1.82) is 0 Å². The predicted octanol–water partition coefficient (Wildman–Crippen LogP) is 2.42. The Bertz CT molecular complexity index is 625. The van der Waals surface area contributed by atoms with Crippen LogP contribution in [0.5, 0.6) is 0 Å². The molecule has 4 saturated carbocycles. The van der Waals surface area contributed by atoms with Crippen LogP contribution in [0, 0.1) is 17.8 Å². The lowest BCUT2D eigenvalue weighted by molar-refractivity contribution is -0.0102. The van der Waals surface area contributed by atoms with Gasteiger partial charge in [-0.1, -0.05) is 30.3 Å². The fourth-order valence-electron chi connectivity index (χ4n) is 5.66. The second-order valence-electron chi connectivity index (χ2n) is 8.30. The molecule has 1 aromatic rings. The van der Waals surface area contributed by atoms with Crippen LogP contribution in [0.4, 0.5) is 0 Å². The maximum Gasteiger partial charge on any atom is 0.221 e. The van der Waals surface area contributed by atoms with E-state index < -0.39 is 0 Å². The largest absolute Gasteiger partial charge is 0.370 e. The van der Waals surface area contributed by atoms with E-state index in [0.29, 0.717) is 12.5 Å². The second-order valence-corrected chi connectivity index (χ2v) is 8.30. The van der Waals surface area contributed by atoms with Crippen LogP contribution in [0.15, 0.2) is 40.3 Å². The second kappa shape index (κ2) is 6.70. The number of hydrogen-bond donors (Lipinski definition) is 3. The lowest BCUT2D eigenvalue weighted by atomic mass is 9.53. The fraction of sp³-hybridized carbons (Fsp3) is 0.600. The van der Waals surface area contributed by atoms with Crippen molar-refractivity contribution < 1.29 is 0 Å². The summed E-state index contributed by atoms with van der Waals surface area (Å²) in [6.07, 6.45) is 8.90. The summed E-state index contributed by atoms with van der Waals surface area (Å²) >= 11 is 0. The number of nitrogens with one attached hydrogen (secondary N) is 1. The normalized spacial score (nSPS) is 33.3. The summed E-state index contributed by atoms with van der Waals surface area (Å²) in [5.41, 5.74) is 12.7. The lowest BCUT2D eigenvalue weighted by Crippen LogP contribution is -2.59. The standard InChI is InChI=1S/C20H29N5/c21-18(22)24-19(23-7-6-14-4-2-1-3-5-14)25-20-11-15-8-16(12-20)10-17(9-15)13-20/h1-5,15-17H,6-13H2,(H5,21,22,23,24,25). The molecule has 1 aromatic carbocycles. The molecule has 5 N–H and O–H groups in total. The summed E-state index contributed by atoms with van der Waals surface area (Å²) in [7, 11) is 0. The number of nitrogens with two attached hydrogens (primary N) is 2. The zero-order chi connectivity index (χ0) is 17.3. The number of aliphatic imine (C=N–C) groups is 2. The third-order valence-electron chi connectivity index (χ3n) is 6.16. The van der Waals surface area contributed by atoms with Crippen molar-refractivity contribution in [2.45, 2.75) is 50.5 Å². The van der Waals surface area contributed by atoms with E-state index in [9.17, 15) is 0 Å². The Morgan fingerprint density at radius 1 is 1.00 bits per heavy atom. The molecule has 0 unspecified atom stereocenters. The van der Waals surface area contributed by atoms with E-state index in [1.54, 1.807) is 0 Å². The molecule has 0 aliphatic heterocycles. The highest BCUT2D eigenvalue weighted by atomic mass is 15.2. The zero-order valence-electron chi connectivity index (χ0n) is 14.8. The molecule has 0 spiro atoms. The van der Waals surface area contributed by atoms with Crippen molar-refractivity contribution in [2.75, 3.05) is 6.54 Å². The van der Waals surface area contributed by atoms with Gasteiger partial charge in [0, 0.05) is 12.1 Å². The van der Waals surface area contributed by atoms with Gasteiger partial charge in [0.05, 0.1) is 0 Å². The molecule has 5 heteroatoms. The molecular formula is C20H29N5. The molecule has 4 bridgehead atoms. The lowest BCUT2D eigenvalue weighted by Gasteiger charge is -2.57. The third kappa shape index (κ3) is 3.80. The van der Waals surface area contributed by atoms with E-state index >= 15 is 0 Å². The highest BCUT2D eigenvalue weighted by Crippen LogP contribution is 2.55. The van der Waals surface area contributed by atoms with Crippen molar-refractivity contribution >= 4 is 11.9 Å². The minimum Gasteiger partial charge on any atom is -0.370 e. The summed E-state index contributed by atoms with van der Waals surface area (Å²) in [5, 5.41) is 3.68. The minimum absolute atomic E-state index is 0.0793. The van der Waals surface area contributed by atoms with E-state index in [1.807, 2.05) is 6.07 Å². The van der Waals surface area contributed by atoms with Crippen molar-refractivity contribution in [1.82, 2.24) is 5.32 Å². The monoisotopic (exact) mass is 339 g/mol. The summed E-state index contributed by atoms with van der Waals surface area (Å²) in [4.78, 5) is 8.99. The molecule has 0 atom stereocenters. The van der Waals surface area contributed by atoms with Crippen molar-refractivity contribution in [3.63, 3.8) is 0 Å². The molecule has 0 amide bonds. The summed E-state index contributed by atoms with van der Waals surface area (Å²) in [6, 6.07) is 10.4. The fourth-order valence-corrected chi connectivity index (χ4v) is 5.66. The number of rotatable bonds is 4. The van der Waals surface area contributed by atoms with Crippen LogP contribution < -0.4 is 16.8 Å². The third-order valence-corrected chi connectivity index (χ3v) is 6.16. The van der Waals surface area contributed by atoms with Gasteiger partial charge in [-0.15, -0.1) is 0 Å². The SMILES string of the molecule is NC(N)=NC(=NCCc1ccccc1)NC12CC3CC(CC(C3)C1)C2. The molecule has 0 aromatic heterocycles. The molecule has 0 radical (unpaired) electrons. The summed E-state index contributed by atoms with van der Waals surface area (Å²) in [5.74, 6) is 3.34. The van der Waals surface area contributed by atoms with Crippen LogP contribution in [0.2, 0.25) is 0 Å². The van der Waals surface area contributed by atoms with Gasteiger partial charge in [0.1, 0.15) is 0 Å². The van der Waals surface area contributed by atoms with Crippen LogP contribution in [-0.4, -0.2) is 24.0 Å². The van der Waals surface area contributed by atoms with E-state index in [1.165, 1.54) is 44.1 Å². The van der Waals surface area contributed by atoms with Gasteiger partial charge in [0.2, 0.25) is 5.96 Å². The average Bonchev–Trinajstić information content (AvgIpc) is 2.53. The van der Waals surface area contributed by atoms with Gasteiger partial charge < -0.3 is 16.8 Å². The Morgan fingerprint density at radius 2 is 1.60 bits per heavy atom. The van der Waals surface area contributed by atoms with Gasteiger partial charge >= 0.3 is 0 Å². The van der Waals surface area contributed by atoms with Crippen molar-refractivity contribution in [2.24, 2.45) is 39.2 Å². The summed E-state index contributed by atoms with van der Waals surface area (Å²) < 4.78 is 0. The smallest absolute Gasteiger partial charge is 0.221 e. The van der Waals surface area contributed by atoms with Crippen molar-refractivity contribution in [3.8, 4) is 0 Å². The van der Waals surface area contributed by atoms with Gasteiger partial charge in [0.25, 0.3) is 0 Å². The first-order chi connectivity index (χ1) is 12.1. The Morgan fingerprint density at radius 3 is 2.16 bits per heavy atom. The number of guanidine groups is 2. The molecule has 134 valence electrons. The van der Waals surface area contributed by atoms with Crippen LogP contribution in [-0.2, 0) is 6.42 Å². The molecule has 4 aliphatic carbocycles. The van der Waals surface area contributed by atoms with Crippen LogP contribution in [0.25, 0.3) is 0 Å². The molecule has 25 heavy (non-hydrogen) atoms. The van der Waals surface area contributed by atoms with Gasteiger partial charge in [-0.25, -0.2) is 0 Å². The van der Waals surface area contributed by atoms with Gasteiger partial charge in [-0.05, 0) is 68.3 Å². The Hall–Kier alpha value is -2.04. The molecule has 0 heterocycles. The first kappa shape index (κ1) is 16.4. The number of nitrogens with zero attached hydrogens (tertiary/aromatic N) is 2. The number of hydrogen-bond acceptors (Lipinski definition) is 1.